The molecule has 0 amide bonds. The van der Waals surface area contributed by atoms with E-state index >= 15 is 0 Å². The third-order valence-electron chi connectivity index (χ3n) is 2.98. The number of benzene rings is 1. The molecular weight excluding hydrogens is 243 g/mol. The van der Waals surface area contributed by atoms with E-state index in [1.165, 1.54) is 12.1 Å². The smallest absolute Gasteiger partial charge is 0.123 e. The molecule has 0 aliphatic heterocycles. The van der Waals surface area contributed by atoms with Crippen LogP contribution in [-0.4, -0.2) is 17.1 Å². The van der Waals surface area contributed by atoms with E-state index < -0.39 is 6.10 Å². The lowest BCUT2D eigenvalue weighted by Gasteiger charge is -2.23. The summed E-state index contributed by atoms with van der Waals surface area (Å²) in [5.74, 6) is -0.342. The van der Waals surface area contributed by atoms with Crippen molar-refractivity contribution in [2.75, 3.05) is 11.9 Å². The van der Waals surface area contributed by atoms with Gasteiger partial charge in [-0.1, -0.05) is 6.07 Å². The van der Waals surface area contributed by atoms with Crippen LogP contribution in [0.15, 0.2) is 42.6 Å². The van der Waals surface area contributed by atoms with E-state index in [4.69, 9.17) is 0 Å². The summed E-state index contributed by atoms with van der Waals surface area (Å²) in [5, 5.41) is 9.74. The monoisotopic (exact) mass is 260 g/mol. The molecule has 1 heterocycles. The highest BCUT2D eigenvalue weighted by atomic mass is 19.1. The number of hydrogen-bond acceptors (Lipinski definition) is 3. The normalized spacial score (nSPS) is 12.2. The summed E-state index contributed by atoms with van der Waals surface area (Å²) in [7, 11) is 1.90. The average Bonchev–Trinajstić information content (AvgIpc) is 2.39. The van der Waals surface area contributed by atoms with Gasteiger partial charge in [0.15, 0.2) is 0 Å². The van der Waals surface area contributed by atoms with Crippen LogP contribution in [0.1, 0.15) is 24.3 Å². The van der Waals surface area contributed by atoms with E-state index in [-0.39, 0.29) is 5.82 Å². The Morgan fingerprint density at radius 1 is 1.32 bits per heavy atom. The number of pyridine rings is 1. The zero-order valence-corrected chi connectivity index (χ0v) is 11.0. The lowest BCUT2D eigenvalue weighted by Crippen LogP contribution is -2.19. The van der Waals surface area contributed by atoms with E-state index in [2.05, 4.69) is 4.98 Å². The molecule has 0 aliphatic rings. The van der Waals surface area contributed by atoms with Gasteiger partial charge in [-0.3, -0.25) is 4.98 Å². The summed E-state index contributed by atoms with van der Waals surface area (Å²) in [5.41, 5.74) is 2.31. The van der Waals surface area contributed by atoms with Crippen LogP contribution in [0.5, 0.6) is 0 Å². The third-order valence-corrected chi connectivity index (χ3v) is 2.98. The SMILES string of the molecule is C[C@@H](O)c1cc(F)ccc1N(C)Cc1ccccn1. The molecule has 0 saturated carbocycles. The molecule has 1 aromatic heterocycles. The molecule has 0 radical (unpaired) electrons. The van der Waals surface area contributed by atoms with Gasteiger partial charge in [-0.25, -0.2) is 4.39 Å². The highest BCUT2D eigenvalue weighted by molar-refractivity contribution is 5.54. The molecule has 1 atom stereocenters. The lowest BCUT2D eigenvalue weighted by molar-refractivity contribution is 0.199. The molecule has 1 aromatic carbocycles. The zero-order valence-electron chi connectivity index (χ0n) is 11.0. The highest BCUT2D eigenvalue weighted by Crippen LogP contribution is 2.27. The van der Waals surface area contributed by atoms with Gasteiger partial charge < -0.3 is 10.0 Å². The Morgan fingerprint density at radius 3 is 2.74 bits per heavy atom. The van der Waals surface area contributed by atoms with E-state index in [0.717, 1.165) is 11.4 Å². The number of aliphatic hydroxyl groups excluding tert-OH is 1. The number of rotatable bonds is 4. The van der Waals surface area contributed by atoms with Gasteiger partial charge >= 0.3 is 0 Å². The van der Waals surface area contributed by atoms with Crippen molar-refractivity contribution >= 4 is 5.69 Å². The van der Waals surface area contributed by atoms with Crippen LogP contribution in [0.4, 0.5) is 10.1 Å². The molecule has 2 rings (SSSR count). The number of aromatic nitrogens is 1. The molecule has 0 aliphatic carbocycles. The number of anilines is 1. The molecule has 100 valence electrons. The summed E-state index contributed by atoms with van der Waals surface area (Å²) < 4.78 is 13.3. The summed E-state index contributed by atoms with van der Waals surface area (Å²) in [6, 6.07) is 10.2. The van der Waals surface area contributed by atoms with Crippen molar-refractivity contribution in [3.05, 3.63) is 59.7 Å². The Labute approximate surface area is 112 Å². The molecule has 4 heteroatoms. The van der Waals surface area contributed by atoms with Crippen molar-refractivity contribution < 1.29 is 9.50 Å². The quantitative estimate of drug-likeness (QED) is 0.918. The van der Waals surface area contributed by atoms with Gasteiger partial charge in [0.2, 0.25) is 0 Å². The van der Waals surface area contributed by atoms with Crippen molar-refractivity contribution in [1.82, 2.24) is 4.98 Å². The Bertz CT molecular complexity index is 543. The van der Waals surface area contributed by atoms with Gasteiger partial charge in [0.05, 0.1) is 18.3 Å². The van der Waals surface area contributed by atoms with E-state index in [0.29, 0.717) is 12.1 Å². The van der Waals surface area contributed by atoms with E-state index in [1.54, 1.807) is 19.2 Å². The number of aliphatic hydroxyl groups is 1. The minimum Gasteiger partial charge on any atom is -0.389 e. The summed E-state index contributed by atoms with van der Waals surface area (Å²) in [6.45, 7) is 2.24. The molecule has 2 aromatic rings. The van der Waals surface area contributed by atoms with Crippen LogP contribution >= 0.6 is 0 Å². The first kappa shape index (κ1) is 13.5. The predicted octanol–water partition coefficient (Wildman–Crippen LogP) is 2.91. The summed E-state index contributed by atoms with van der Waals surface area (Å²) in [6.07, 6.45) is 1.03. The van der Waals surface area contributed by atoms with Gasteiger partial charge in [0.25, 0.3) is 0 Å². The van der Waals surface area contributed by atoms with Crippen molar-refractivity contribution in [3.63, 3.8) is 0 Å². The molecule has 0 unspecified atom stereocenters. The Hall–Kier alpha value is -1.94. The van der Waals surface area contributed by atoms with Gasteiger partial charge in [-0.15, -0.1) is 0 Å². The maximum absolute atomic E-state index is 13.3. The van der Waals surface area contributed by atoms with Gasteiger partial charge in [0.1, 0.15) is 5.82 Å². The second-order valence-electron chi connectivity index (χ2n) is 4.56. The fourth-order valence-corrected chi connectivity index (χ4v) is 2.03. The Kier molecular flexibility index (Phi) is 4.12. The standard InChI is InChI=1S/C15H17FN2O/c1-11(19)14-9-12(16)6-7-15(14)18(2)10-13-5-3-4-8-17-13/h3-9,11,19H,10H2,1-2H3/t11-/m1/s1. The molecule has 0 spiro atoms. The first-order valence-corrected chi connectivity index (χ1v) is 6.16. The van der Waals surface area contributed by atoms with Crippen LogP contribution in [0, 0.1) is 5.82 Å². The number of nitrogens with zero attached hydrogens (tertiary/aromatic N) is 2. The summed E-state index contributed by atoms with van der Waals surface area (Å²) >= 11 is 0. The van der Waals surface area contributed by atoms with E-state index in [1.807, 2.05) is 30.1 Å². The van der Waals surface area contributed by atoms with Crippen LogP contribution in [0.2, 0.25) is 0 Å². The van der Waals surface area contributed by atoms with Crippen molar-refractivity contribution in [2.45, 2.75) is 19.6 Å². The third kappa shape index (κ3) is 3.29. The first-order chi connectivity index (χ1) is 9.08. The van der Waals surface area contributed by atoms with Crippen molar-refractivity contribution in [1.29, 1.82) is 0 Å². The molecule has 19 heavy (non-hydrogen) atoms. The van der Waals surface area contributed by atoms with E-state index in [9.17, 15) is 9.50 Å². The molecule has 0 bridgehead atoms. The van der Waals surface area contributed by atoms with Crippen LogP contribution < -0.4 is 4.90 Å². The zero-order chi connectivity index (χ0) is 13.8. The average molecular weight is 260 g/mol. The minimum absolute atomic E-state index is 0.342. The van der Waals surface area contributed by atoms with Crippen molar-refractivity contribution in [3.8, 4) is 0 Å². The largest absolute Gasteiger partial charge is 0.389 e. The second kappa shape index (κ2) is 5.80. The van der Waals surface area contributed by atoms with Gasteiger partial charge in [-0.05, 0) is 37.3 Å². The highest BCUT2D eigenvalue weighted by Gasteiger charge is 2.13. The van der Waals surface area contributed by atoms with Crippen LogP contribution in [0.3, 0.4) is 0 Å². The maximum Gasteiger partial charge on any atom is 0.123 e. The van der Waals surface area contributed by atoms with Crippen LogP contribution in [-0.2, 0) is 6.54 Å². The predicted molar refractivity (Wildman–Crippen MR) is 73.4 cm³/mol. The molecular formula is C15H17FN2O. The summed E-state index contributed by atoms with van der Waals surface area (Å²) in [4.78, 5) is 6.21. The number of halogens is 1. The van der Waals surface area contributed by atoms with Gasteiger partial charge in [-0.2, -0.15) is 0 Å². The fraction of sp³-hybridized carbons (Fsp3) is 0.267. The lowest BCUT2D eigenvalue weighted by atomic mass is 10.1. The first-order valence-electron chi connectivity index (χ1n) is 6.16. The second-order valence-corrected chi connectivity index (χ2v) is 4.56. The minimum atomic E-state index is -0.711. The van der Waals surface area contributed by atoms with Crippen LogP contribution in [0.25, 0.3) is 0 Å². The fourth-order valence-electron chi connectivity index (χ4n) is 2.03. The van der Waals surface area contributed by atoms with Crippen molar-refractivity contribution in [2.24, 2.45) is 0 Å². The molecule has 3 nitrogen and oxygen atoms in total. The molecule has 0 saturated heterocycles. The number of hydrogen-bond donors (Lipinski definition) is 1. The topological polar surface area (TPSA) is 36.4 Å². The van der Waals surface area contributed by atoms with Gasteiger partial charge in [0, 0.05) is 24.5 Å². The Morgan fingerprint density at radius 2 is 2.11 bits per heavy atom. The Balaban J connectivity index is 2.26. The maximum atomic E-state index is 13.3. The molecule has 1 N–H and O–H groups in total. The molecule has 0 fully saturated rings.